The van der Waals surface area contributed by atoms with Crippen molar-refractivity contribution in [2.75, 3.05) is 29.9 Å². The molecule has 1 N–H and O–H groups in total. The summed E-state index contributed by atoms with van der Waals surface area (Å²) >= 11 is 1.58. The number of rotatable bonds is 5. The molecular weight excluding hydrogens is 406 g/mol. The minimum atomic E-state index is -3.01. The van der Waals surface area contributed by atoms with Crippen molar-refractivity contribution in [3.8, 4) is 0 Å². The smallest absolute Gasteiger partial charge is 0.248 e. The van der Waals surface area contributed by atoms with E-state index >= 15 is 0 Å². The summed E-state index contributed by atoms with van der Waals surface area (Å²) in [6, 6.07) is 9.05. The van der Waals surface area contributed by atoms with Crippen LogP contribution >= 0.6 is 11.3 Å². The maximum Gasteiger partial charge on any atom is 0.248 e. The average molecular weight is 434 g/mol. The number of fused-ring (bicyclic) bond motifs is 1. The van der Waals surface area contributed by atoms with Gasteiger partial charge in [-0.1, -0.05) is 43.7 Å². The Bertz CT molecular complexity index is 958. The van der Waals surface area contributed by atoms with Crippen molar-refractivity contribution in [1.29, 1.82) is 0 Å². The number of sulfone groups is 1. The van der Waals surface area contributed by atoms with Crippen LogP contribution in [0.2, 0.25) is 0 Å². The highest BCUT2D eigenvalue weighted by atomic mass is 32.2. The predicted octanol–water partition coefficient (Wildman–Crippen LogP) is 3.07. The molecule has 1 aliphatic carbocycles. The third-order valence-corrected chi connectivity index (χ3v) is 8.60. The molecule has 2 heterocycles. The number of nitrogens with one attached hydrogen (secondary N) is 1. The summed E-state index contributed by atoms with van der Waals surface area (Å²) < 4.78 is 23.7. The zero-order valence-electron chi connectivity index (χ0n) is 16.6. The van der Waals surface area contributed by atoms with Crippen LogP contribution in [0.25, 0.3) is 0 Å². The molecule has 0 bridgehead atoms. The molecule has 1 amide bonds. The second kappa shape index (κ2) is 8.53. The number of thiazole rings is 1. The molecule has 1 aromatic carbocycles. The van der Waals surface area contributed by atoms with Gasteiger partial charge in [0.05, 0.1) is 17.2 Å². The van der Waals surface area contributed by atoms with E-state index in [-0.39, 0.29) is 17.4 Å². The highest BCUT2D eigenvalue weighted by Crippen LogP contribution is 2.34. The van der Waals surface area contributed by atoms with Crippen molar-refractivity contribution in [3.05, 3.63) is 46.5 Å². The van der Waals surface area contributed by atoms with Gasteiger partial charge in [0.1, 0.15) is 6.04 Å². The maximum absolute atomic E-state index is 13.3. The van der Waals surface area contributed by atoms with Gasteiger partial charge in [-0.2, -0.15) is 0 Å². The van der Waals surface area contributed by atoms with Gasteiger partial charge in [0, 0.05) is 18.0 Å². The van der Waals surface area contributed by atoms with Crippen molar-refractivity contribution < 1.29 is 13.2 Å². The number of nitrogens with zero attached hydrogens (tertiary/aromatic N) is 2. The van der Waals surface area contributed by atoms with Gasteiger partial charge in [-0.25, -0.2) is 13.4 Å². The van der Waals surface area contributed by atoms with Crippen molar-refractivity contribution in [2.45, 2.75) is 38.6 Å². The summed E-state index contributed by atoms with van der Waals surface area (Å²) in [5.41, 5.74) is 1.99. The summed E-state index contributed by atoms with van der Waals surface area (Å²) in [6.07, 6.45) is 4.36. The molecule has 156 valence electrons. The monoisotopic (exact) mass is 433 g/mol. The number of amides is 1. The second-order valence-corrected chi connectivity index (χ2v) is 11.3. The molecule has 1 fully saturated rings. The topological polar surface area (TPSA) is 79.4 Å². The molecule has 2 aromatic rings. The average Bonchev–Trinajstić information content (AvgIpc) is 3.11. The van der Waals surface area contributed by atoms with E-state index in [2.05, 4.69) is 17.2 Å². The van der Waals surface area contributed by atoms with Crippen LogP contribution in [0.4, 0.5) is 5.13 Å². The highest BCUT2D eigenvalue weighted by Gasteiger charge is 2.33. The summed E-state index contributed by atoms with van der Waals surface area (Å²) in [4.78, 5) is 21.2. The normalized spacial score (nSPS) is 22.6. The van der Waals surface area contributed by atoms with Crippen LogP contribution in [0.3, 0.4) is 0 Å². The third-order valence-electron chi connectivity index (χ3n) is 5.96. The molecule has 2 unspecified atom stereocenters. The van der Waals surface area contributed by atoms with Crippen molar-refractivity contribution >= 4 is 32.2 Å². The second-order valence-electron chi connectivity index (χ2n) is 7.90. The van der Waals surface area contributed by atoms with Gasteiger partial charge >= 0.3 is 0 Å². The Labute approximate surface area is 176 Å². The van der Waals surface area contributed by atoms with Gasteiger partial charge in [0.2, 0.25) is 5.91 Å². The van der Waals surface area contributed by atoms with Crippen LogP contribution in [-0.2, 0) is 27.5 Å². The zero-order chi connectivity index (χ0) is 20.4. The Morgan fingerprint density at radius 3 is 2.69 bits per heavy atom. The van der Waals surface area contributed by atoms with Crippen molar-refractivity contribution in [3.63, 3.8) is 0 Å². The van der Waals surface area contributed by atoms with E-state index in [1.165, 1.54) is 11.3 Å². The Morgan fingerprint density at radius 2 is 2.00 bits per heavy atom. The SMILES string of the molecule is CCC1CCc2nc(NC(=O)C(c3ccccc3)N3CCS(=O)(=O)CC3)sc2C1. The summed E-state index contributed by atoms with van der Waals surface area (Å²) in [7, 11) is -3.01. The molecule has 0 radical (unpaired) electrons. The molecule has 0 saturated carbocycles. The number of hydrogen-bond donors (Lipinski definition) is 1. The maximum atomic E-state index is 13.3. The van der Waals surface area contributed by atoms with Crippen LogP contribution in [0.5, 0.6) is 0 Å². The number of hydrogen-bond acceptors (Lipinski definition) is 6. The molecular formula is C21H27N3O3S2. The molecule has 2 atom stereocenters. The van der Waals surface area contributed by atoms with E-state index in [4.69, 9.17) is 0 Å². The lowest BCUT2D eigenvalue weighted by Crippen LogP contribution is -2.46. The van der Waals surface area contributed by atoms with E-state index < -0.39 is 15.9 Å². The van der Waals surface area contributed by atoms with Gasteiger partial charge in [-0.05, 0) is 30.7 Å². The lowest BCUT2D eigenvalue weighted by atomic mass is 9.89. The first-order valence-corrected chi connectivity index (χ1v) is 12.9. The van der Waals surface area contributed by atoms with E-state index in [1.807, 2.05) is 35.2 Å². The number of anilines is 1. The third kappa shape index (κ3) is 4.70. The van der Waals surface area contributed by atoms with Gasteiger partial charge in [0.15, 0.2) is 15.0 Å². The number of aryl methyl sites for hydroxylation is 1. The Kier molecular flexibility index (Phi) is 6.03. The van der Waals surface area contributed by atoms with Gasteiger partial charge in [0.25, 0.3) is 0 Å². The van der Waals surface area contributed by atoms with Crippen LogP contribution in [0, 0.1) is 5.92 Å². The van der Waals surface area contributed by atoms with Crippen molar-refractivity contribution in [1.82, 2.24) is 9.88 Å². The molecule has 6 nitrogen and oxygen atoms in total. The molecule has 1 saturated heterocycles. The van der Waals surface area contributed by atoms with Crippen LogP contribution in [0.15, 0.2) is 30.3 Å². The van der Waals surface area contributed by atoms with Gasteiger partial charge < -0.3 is 5.32 Å². The summed E-state index contributed by atoms with van der Waals surface area (Å²) in [5, 5.41) is 3.68. The van der Waals surface area contributed by atoms with E-state index in [9.17, 15) is 13.2 Å². The minimum Gasteiger partial charge on any atom is -0.300 e. The lowest BCUT2D eigenvalue weighted by molar-refractivity contribution is -0.121. The molecule has 1 aliphatic heterocycles. The first kappa shape index (κ1) is 20.5. The van der Waals surface area contributed by atoms with E-state index in [0.29, 0.717) is 24.1 Å². The minimum absolute atomic E-state index is 0.0908. The Hall–Kier alpha value is -1.77. The largest absolute Gasteiger partial charge is 0.300 e. The quantitative estimate of drug-likeness (QED) is 0.784. The number of aromatic nitrogens is 1. The van der Waals surface area contributed by atoms with Crippen LogP contribution in [0.1, 0.15) is 41.9 Å². The molecule has 4 rings (SSSR count). The molecule has 1 aromatic heterocycles. The fourth-order valence-electron chi connectivity index (χ4n) is 4.17. The summed E-state index contributed by atoms with van der Waals surface area (Å²) in [5.74, 6) is 0.744. The Morgan fingerprint density at radius 1 is 1.28 bits per heavy atom. The number of carbonyl (C=O) groups excluding carboxylic acids is 1. The van der Waals surface area contributed by atoms with Gasteiger partial charge in [-0.3, -0.25) is 9.69 Å². The van der Waals surface area contributed by atoms with E-state index in [0.717, 1.165) is 30.5 Å². The fraction of sp³-hybridized carbons (Fsp3) is 0.524. The molecule has 29 heavy (non-hydrogen) atoms. The number of benzene rings is 1. The predicted molar refractivity (Wildman–Crippen MR) is 116 cm³/mol. The highest BCUT2D eigenvalue weighted by molar-refractivity contribution is 7.91. The van der Waals surface area contributed by atoms with Gasteiger partial charge in [-0.15, -0.1) is 11.3 Å². The Balaban J connectivity index is 1.54. The van der Waals surface area contributed by atoms with Crippen LogP contribution in [-0.4, -0.2) is 48.8 Å². The fourth-order valence-corrected chi connectivity index (χ4v) is 6.52. The first-order chi connectivity index (χ1) is 13.9. The van der Waals surface area contributed by atoms with E-state index in [1.54, 1.807) is 11.3 Å². The van der Waals surface area contributed by atoms with Crippen molar-refractivity contribution in [2.24, 2.45) is 5.92 Å². The molecule has 0 spiro atoms. The zero-order valence-corrected chi connectivity index (χ0v) is 18.3. The number of carbonyl (C=O) groups is 1. The molecule has 2 aliphatic rings. The first-order valence-electron chi connectivity index (χ1n) is 10.2. The van der Waals surface area contributed by atoms with Crippen LogP contribution < -0.4 is 5.32 Å². The standard InChI is InChI=1S/C21H27N3O3S2/c1-2-15-8-9-17-18(14-15)28-21(22-17)23-20(25)19(16-6-4-3-5-7-16)24-10-12-29(26,27)13-11-24/h3-7,15,19H,2,8-14H2,1H3,(H,22,23,25). The summed E-state index contributed by atoms with van der Waals surface area (Å²) in [6.45, 7) is 2.95. The lowest BCUT2D eigenvalue weighted by Gasteiger charge is -2.33. The molecule has 8 heteroatoms.